The Morgan fingerprint density at radius 1 is 1.37 bits per heavy atom. The number of ether oxygens (including phenoxy) is 1. The first kappa shape index (κ1) is 13.9. The zero-order valence-corrected chi connectivity index (χ0v) is 11.5. The molecule has 1 aromatic carbocycles. The molecular formula is C15H22N2O2. The number of rotatable bonds is 4. The van der Waals surface area contributed by atoms with E-state index in [-0.39, 0.29) is 18.1 Å². The zero-order valence-electron chi connectivity index (χ0n) is 11.5. The average molecular weight is 262 g/mol. The maximum Gasteiger partial charge on any atom is 0.261 e. The Kier molecular flexibility index (Phi) is 4.43. The van der Waals surface area contributed by atoms with Crippen molar-refractivity contribution in [3.63, 3.8) is 0 Å². The van der Waals surface area contributed by atoms with Crippen molar-refractivity contribution in [1.29, 1.82) is 0 Å². The number of hydrogen-bond donors (Lipinski definition) is 1. The van der Waals surface area contributed by atoms with Gasteiger partial charge in [0.25, 0.3) is 5.91 Å². The van der Waals surface area contributed by atoms with Gasteiger partial charge in [0.15, 0.2) is 6.61 Å². The van der Waals surface area contributed by atoms with Crippen molar-refractivity contribution in [2.75, 3.05) is 19.7 Å². The third kappa shape index (κ3) is 3.26. The lowest BCUT2D eigenvalue weighted by atomic mass is 9.88. The number of carbonyl (C=O) groups is 1. The molecule has 1 unspecified atom stereocenters. The first-order valence-electron chi connectivity index (χ1n) is 6.84. The van der Waals surface area contributed by atoms with E-state index in [0.717, 1.165) is 31.6 Å². The number of carbonyl (C=O) groups excluding carboxylic acids is 1. The molecule has 19 heavy (non-hydrogen) atoms. The molecule has 2 rings (SSSR count). The Balaban J connectivity index is 1.95. The summed E-state index contributed by atoms with van der Waals surface area (Å²) in [6.45, 7) is 3.43. The molecule has 4 heteroatoms. The van der Waals surface area contributed by atoms with Crippen molar-refractivity contribution in [2.45, 2.75) is 31.7 Å². The summed E-state index contributed by atoms with van der Waals surface area (Å²) in [5, 5.41) is 0. The van der Waals surface area contributed by atoms with Gasteiger partial charge in [-0.05, 0) is 38.3 Å². The number of piperidine rings is 1. The monoisotopic (exact) mass is 262 g/mol. The SMILES string of the molecule is CC1(CN)CCCCN1C(=O)COc1ccccc1. The third-order valence-corrected chi connectivity index (χ3v) is 3.85. The second-order valence-electron chi connectivity index (χ2n) is 5.31. The average Bonchev–Trinajstić information content (AvgIpc) is 2.46. The van der Waals surface area contributed by atoms with Crippen molar-refractivity contribution in [2.24, 2.45) is 5.73 Å². The predicted octanol–water partition coefficient (Wildman–Crippen LogP) is 1.80. The molecule has 104 valence electrons. The molecule has 0 aromatic heterocycles. The highest BCUT2D eigenvalue weighted by Gasteiger charge is 2.36. The summed E-state index contributed by atoms with van der Waals surface area (Å²) in [4.78, 5) is 14.2. The second-order valence-corrected chi connectivity index (χ2v) is 5.31. The minimum absolute atomic E-state index is 0.0245. The van der Waals surface area contributed by atoms with Crippen LogP contribution < -0.4 is 10.5 Å². The zero-order chi connectivity index (χ0) is 13.7. The molecule has 1 aromatic rings. The molecule has 0 spiro atoms. The Morgan fingerprint density at radius 3 is 2.79 bits per heavy atom. The number of amides is 1. The fourth-order valence-corrected chi connectivity index (χ4v) is 2.56. The molecule has 0 radical (unpaired) electrons. The predicted molar refractivity (Wildman–Crippen MR) is 75.0 cm³/mol. The van der Waals surface area contributed by atoms with Gasteiger partial charge in [0.1, 0.15) is 5.75 Å². The molecule has 1 aliphatic heterocycles. The maximum atomic E-state index is 12.3. The van der Waals surface area contributed by atoms with Crippen LogP contribution in [0.1, 0.15) is 26.2 Å². The minimum Gasteiger partial charge on any atom is -0.484 e. The highest BCUT2D eigenvalue weighted by molar-refractivity contribution is 5.78. The van der Waals surface area contributed by atoms with Gasteiger partial charge in [0, 0.05) is 13.1 Å². The Labute approximate surface area is 114 Å². The van der Waals surface area contributed by atoms with E-state index in [1.54, 1.807) is 0 Å². The van der Waals surface area contributed by atoms with Gasteiger partial charge in [-0.1, -0.05) is 18.2 Å². The molecule has 0 bridgehead atoms. The summed E-state index contributed by atoms with van der Waals surface area (Å²) < 4.78 is 5.53. The fraction of sp³-hybridized carbons (Fsp3) is 0.533. The van der Waals surface area contributed by atoms with Crippen molar-refractivity contribution in [3.8, 4) is 5.75 Å². The number of nitrogens with zero attached hydrogens (tertiary/aromatic N) is 1. The molecular weight excluding hydrogens is 240 g/mol. The van der Waals surface area contributed by atoms with E-state index in [1.807, 2.05) is 35.2 Å². The van der Waals surface area contributed by atoms with Crippen LogP contribution in [0.4, 0.5) is 0 Å². The number of hydrogen-bond acceptors (Lipinski definition) is 3. The van der Waals surface area contributed by atoms with E-state index in [2.05, 4.69) is 6.92 Å². The van der Waals surface area contributed by atoms with Gasteiger partial charge < -0.3 is 15.4 Å². The molecule has 1 heterocycles. The molecule has 2 N–H and O–H groups in total. The normalized spacial score (nSPS) is 23.2. The first-order valence-corrected chi connectivity index (χ1v) is 6.84. The van der Waals surface area contributed by atoms with Gasteiger partial charge in [0.05, 0.1) is 5.54 Å². The summed E-state index contributed by atoms with van der Waals surface area (Å²) in [5.74, 6) is 0.749. The Hall–Kier alpha value is -1.55. The van der Waals surface area contributed by atoms with E-state index in [9.17, 15) is 4.79 Å². The lowest BCUT2D eigenvalue weighted by Crippen LogP contribution is -2.57. The molecule has 1 saturated heterocycles. The van der Waals surface area contributed by atoms with Crippen molar-refractivity contribution >= 4 is 5.91 Å². The van der Waals surface area contributed by atoms with Gasteiger partial charge in [-0.15, -0.1) is 0 Å². The summed E-state index contributed by atoms with van der Waals surface area (Å²) in [6.07, 6.45) is 3.16. The maximum absolute atomic E-state index is 12.3. The van der Waals surface area contributed by atoms with Crippen LogP contribution in [0, 0.1) is 0 Å². The molecule has 1 fully saturated rings. The van der Waals surface area contributed by atoms with E-state index in [4.69, 9.17) is 10.5 Å². The van der Waals surface area contributed by atoms with Crippen LogP contribution >= 0.6 is 0 Å². The van der Waals surface area contributed by atoms with Crippen LogP contribution in [0.25, 0.3) is 0 Å². The second kappa shape index (κ2) is 6.06. The minimum atomic E-state index is -0.213. The van der Waals surface area contributed by atoms with Crippen molar-refractivity contribution < 1.29 is 9.53 Å². The van der Waals surface area contributed by atoms with Crippen LogP contribution in [0.3, 0.4) is 0 Å². The lowest BCUT2D eigenvalue weighted by molar-refractivity contribution is -0.141. The van der Waals surface area contributed by atoms with Crippen LogP contribution in [0.15, 0.2) is 30.3 Å². The van der Waals surface area contributed by atoms with Crippen molar-refractivity contribution in [1.82, 2.24) is 4.90 Å². The van der Waals surface area contributed by atoms with Gasteiger partial charge in [-0.3, -0.25) is 4.79 Å². The highest BCUT2D eigenvalue weighted by Crippen LogP contribution is 2.27. The Bertz CT molecular complexity index is 421. The summed E-state index contributed by atoms with van der Waals surface area (Å²) >= 11 is 0. The van der Waals surface area contributed by atoms with E-state index in [0.29, 0.717) is 6.54 Å². The quantitative estimate of drug-likeness (QED) is 0.900. The van der Waals surface area contributed by atoms with E-state index >= 15 is 0 Å². The van der Waals surface area contributed by atoms with E-state index < -0.39 is 0 Å². The largest absolute Gasteiger partial charge is 0.484 e. The number of benzene rings is 1. The molecule has 4 nitrogen and oxygen atoms in total. The number of para-hydroxylation sites is 1. The van der Waals surface area contributed by atoms with Crippen LogP contribution in [-0.4, -0.2) is 36.0 Å². The van der Waals surface area contributed by atoms with E-state index in [1.165, 1.54) is 0 Å². The topological polar surface area (TPSA) is 55.6 Å². The van der Waals surface area contributed by atoms with Crippen molar-refractivity contribution in [3.05, 3.63) is 30.3 Å². The standard InChI is InChI=1S/C15H22N2O2/c1-15(12-16)9-5-6-10-17(15)14(18)11-19-13-7-3-2-4-8-13/h2-4,7-8H,5-6,9-12,16H2,1H3. The summed E-state index contributed by atoms with van der Waals surface area (Å²) in [5.41, 5.74) is 5.63. The van der Waals surface area contributed by atoms with Crippen LogP contribution in [0.2, 0.25) is 0 Å². The Morgan fingerprint density at radius 2 is 2.11 bits per heavy atom. The molecule has 0 saturated carbocycles. The fourth-order valence-electron chi connectivity index (χ4n) is 2.56. The molecule has 1 atom stereocenters. The smallest absolute Gasteiger partial charge is 0.261 e. The van der Waals surface area contributed by atoms with Crippen LogP contribution in [0.5, 0.6) is 5.75 Å². The summed E-state index contributed by atoms with van der Waals surface area (Å²) in [7, 11) is 0. The first-order chi connectivity index (χ1) is 9.15. The van der Waals surface area contributed by atoms with Gasteiger partial charge in [-0.25, -0.2) is 0 Å². The van der Waals surface area contributed by atoms with Gasteiger partial charge in [0.2, 0.25) is 0 Å². The molecule has 1 amide bonds. The van der Waals surface area contributed by atoms with Gasteiger partial charge in [-0.2, -0.15) is 0 Å². The van der Waals surface area contributed by atoms with Crippen LogP contribution in [-0.2, 0) is 4.79 Å². The molecule has 1 aliphatic rings. The third-order valence-electron chi connectivity index (χ3n) is 3.85. The highest BCUT2D eigenvalue weighted by atomic mass is 16.5. The summed E-state index contributed by atoms with van der Waals surface area (Å²) in [6, 6.07) is 9.41. The lowest BCUT2D eigenvalue weighted by Gasteiger charge is -2.44. The molecule has 0 aliphatic carbocycles. The number of likely N-dealkylation sites (tertiary alicyclic amines) is 1. The van der Waals surface area contributed by atoms with Gasteiger partial charge >= 0.3 is 0 Å². The number of nitrogens with two attached hydrogens (primary N) is 1.